The lowest BCUT2D eigenvalue weighted by Gasteiger charge is -2.09. The van der Waals surface area contributed by atoms with Gasteiger partial charge in [-0.25, -0.2) is 4.79 Å². The van der Waals surface area contributed by atoms with E-state index >= 15 is 0 Å². The first kappa shape index (κ1) is 14.6. The van der Waals surface area contributed by atoms with E-state index in [0.29, 0.717) is 5.57 Å². The summed E-state index contributed by atoms with van der Waals surface area (Å²) < 4.78 is 16.5. The summed E-state index contributed by atoms with van der Waals surface area (Å²) in [4.78, 5) is 41.3. The summed E-state index contributed by atoms with van der Waals surface area (Å²) in [7, 11) is -4.20. The van der Waals surface area contributed by atoms with Crippen LogP contribution in [0.1, 0.15) is 0 Å². The molecule has 1 aromatic heterocycles. The van der Waals surface area contributed by atoms with Crippen LogP contribution in [-0.4, -0.2) is 32.3 Å². The van der Waals surface area contributed by atoms with Crippen LogP contribution in [0.3, 0.4) is 0 Å². The van der Waals surface area contributed by atoms with Crippen LogP contribution in [0.4, 0.5) is 0 Å². The van der Waals surface area contributed by atoms with Crippen molar-refractivity contribution in [3.8, 4) is 0 Å². The Morgan fingerprint density at radius 3 is 2.72 bits per heavy atom. The molecule has 0 radical (unpaired) electrons. The molecule has 0 amide bonds. The second-order valence-corrected chi connectivity index (χ2v) is 5.22. The molecule has 18 heavy (non-hydrogen) atoms. The number of aromatic nitrogens is 2. The van der Waals surface area contributed by atoms with E-state index in [1.807, 2.05) is 0 Å². The number of ether oxygens (including phenoxy) is 1. The Hall–Kier alpha value is -1.47. The fourth-order valence-corrected chi connectivity index (χ4v) is 1.49. The summed E-state index contributed by atoms with van der Waals surface area (Å²) >= 11 is 0. The van der Waals surface area contributed by atoms with E-state index in [-0.39, 0.29) is 13.2 Å². The minimum Gasteiger partial charge on any atom is -0.364 e. The van der Waals surface area contributed by atoms with Gasteiger partial charge >= 0.3 is 13.3 Å². The van der Waals surface area contributed by atoms with Crippen molar-refractivity contribution >= 4 is 7.60 Å². The minimum absolute atomic E-state index is 0.0866. The van der Waals surface area contributed by atoms with Gasteiger partial charge in [-0.3, -0.25) is 18.9 Å². The van der Waals surface area contributed by atoms with Gasteiger partial charge in [-0.1, -0.05) is 6.58 Å². The van der Waals surface area contributed by atoms with Crippen molar-refractivity contribution in [2.45, 2.75) is 6.54 Å². The number of aromatic amines is 1. The van der Waals surface area contributed by atoms with Crippen molar-refractivity contribution in [3.63, 3.8) is 0 Å². The molecular formula is C9H13N2O6P. The van der Waals surface area contributed by atoms with Gasteiger partial charge in [0.2, 0.25) is 0 Å². The molecule has 3 N–H and O–H groups in total. The summed E-state index contributed by atoms with van der Waals surface area (Å²) in [5, 5.41) is 0. The Labute approximate surface area is 102 Å². The van der Waals surface area contributed by atoms with E-state index in [1.54, 1.807) is 0 Å². The molecule has 0 fully saturated rings. The largest absolute Gasteiger partial charge is 0.364 e. The van der Waals surface area contributed by atoms with Crippen molar-refractivity contribution in [3.05, 3.63) is 45.3 Å². The van der Waals surface area contributed by atoms with Crippen molar-refractivity contribution in [2.24, 2.45) is 0 Å². The lowest BCUT2D eigenvalue weighted by molar-refractivity contribution is 0.176. The Balaban J connectivity index is 2.53. The highest BCUT2D eigenvalue weighted by molar-refractivity contribution is 7.51. The van der Waals surface area contributed by atoms with E-state index in [0.717, 1.165) is 0 Å². The third-order valence-electron chi connectivity index (χ3n) is 1.86. The maximum absolute atomic E-state index is 11.3. The van der Waals surface area contributed by atoms with Gasteiger partial charge in [-0.05, 0) is 5.57 Å². The van der Waals surface area contributed by atoms with E-state index in [1.165, 1.54) is 16.8 Å². The average molecular weight is 276 g/mol. The van der Waals surface area contributed by atoms with Crippen molar-refractivity contribution in [2.75, 3.05) is 13.0 Å². The smallest absolute Gasteiger partial charge is 0.350 e. The van der Waals surface area contributed by atoms with Crippen LogP contribution in [-0.2, 0) is 15.8 Å². The van der Waals surface area contributed by atoms with Crippen LogP contribution in [0.15, 0.2) is 34.0 Å². The molecular weight excluding hydrogens is 263 g/mol. The summed E-state index contributed by atoms with van der Waals surface area (Å²) in [5.41, 5.74) is -0.643. The second-order valence-electron chi connectivity index (χ2n) is 3.63. The van der Waals surface area contributed by atoms with Crippen LogP contribution in [0, 0.1) is 0 Å². The second kappa shape index (κ2) is 5.92. The van der Waals surface area contributed by atoms with Crippen LogP contribution >= 0.6 is 7.60 Å². The van der Waals surface area contributed by atoms with Crippen LogP contribution in [0.2, 0.25) is 0 Å². The van der Waals surface area contributed by atoms with Crippen LogP contribution in [0.5, 0.6) is 0 Å². The SMILES string of the molecule is C=C(COCP(=O)(O)O)Cn1ccc(=O)[nH]c1=O. The Morgan fingerprint density at radius 2 is 2.17 bits per heavy atom. The van der Waals surface area contributed by atoms with Gasteiger partial charge in [0.25, 0.3) is 5.56 Å². The van der Waals surface area contributed by atoms with Gasteiger partial charge in [0.15, 0.2) is 0 Å². The maximum Gasteiger partial charge on any atom is 0.350 e. The molecule has 1 aromatic rings. The lowest BCUT2D eigenvalue weighted by Crippen LogP contribution is -2.29. The molecule has 0 unspecified atom stereocenters. The first-order valence-corrected chi connectivity index (χ1v) is 6.66. The normalized spacial score (nSPS) is 11.4. The minimum atomic E-state index is -4.20. The molecule has 100 valence electrons. The standard InChI is InChI=1S/C9H13N2O6P/c1-7(5-17-6-18(14,15)16)4-11-3-2-8(12)10-9(11)13/h2-3H,1,4-6H2,(H,10,12,13)(H2,14,15,16). The van der Waals surface area contributed by atoms with E-state index in [2.05, 4.69) is 11.6 Å². The highest BCUT2D eigenvalue weighted by atomic mass is 31.2. The van der Waals surface area contributed by atoms with Crippen molar-refractivity contribution in [1.82, 2.24) is 9.55 Å². The Morgan fingerprint density at radius 1 is 1.50 bits per heavy atom. The zero-order valence-corrected chi connectivity index (χ0v) is 10.3. The molecule has 1 heterocycles. The fraction of sp³-hybridized carbons (Fsp3) is 0.333. The Bertz CT molecular complexity index is 583. The number of H-pyrrole nitrogens is 1. The fourth-order valence-electron chi connectivity index (χ4n) is 1.16. The number of hydrogen-bond acceptors (Lipinski definition) is 4. The monoisotopic (exact) mass is 276 g/mol. The maximum atomic E-state index is 11.3. The molecule has 8 nitrogen and oxygen atoms in total. The molecule has 0 spiro atoms. The summed E-state index contributed by atoms with van der Waals surface area (Å²) in [5.74, 6) is 0. The third kappa shape index (κ3) is 5.24. The van der Waals surface area contributed by atoms with Gasteiger partial charge in [0.05, 0.1) is 6.61 Å². The quantitative estimate of drug-likeness (QED) is 0.464. The molecule has 0 atom stereocenters. The molecule has 0 saturated carbocycles. The van der Waals surface area contributed by atoms with Crippen molar-refractivity contribution in [1.29, 1.82) is 0 Å². The first-order valence-electron chi connectivity index (χ1n) is 4.87. The highest BCUT2D eigenvalue weighted by Crippen LogP contribution is 2.33. The Kier molecular flexibility index (Phi) is 4.80. The number of rotatable bonds is 6. The molecule has 1 rings (SSSR count). The zero-order chi connectivity index (χ0) is 13.8. The predicted molar refractivity (Wildman–Crippen MR) is 63.3 cm³/mol. The average Bonchev–Trinajstić information content (AvgIpc) is 2.20. The molecule has 0 saturated heterocycles. The number of hydrogen-bond donors (Lipinski definition) is 3. The van der Waals surface area contributed by atoms with E-state index in [9.17, 15) is 14.2 Å². The molecule has 0 aliphatic carbocycles. The molecule has 0 bridgehead atoms. The number of nitrogens with one attached hydrogen (secondary N) is 1. The van der Waals surface area contributed by atoms with Gasteiger partial charge in [-0.15, -0.1) is 0 Å². The van der Waals surface area contributed by atoms with E-state index in [4.69, 9.17) is 14.5 Å². The summed E-state index contributed by atoms with van der Waals surface area (Å²) in [6, 6.07) is 1.19. The van der Waals surface area contributed by atoms with Crippen LogP contribution in [0.25, 0.3) is 0 Å². The molecule has 0 aliphatic rings. The molecule has 0 aliphatic heterocycles. The summed E-state index contributed by atoms with van der Waals surface area (Å²) in [6.45, 7) is 3.61. The molecule has 9 heteroatoms. The van der Waals surface area contributed by atoms with Crippen molar-refractivity contribution < 1.29 is 19.1 Å². The molecule has 0 aromatic carbocycles. The lowest BCUT2D eigenvalue weighted by atomic mass is 10.3. The highest BCUT2D eigenvalue weighted by Gasteiger charge is 2.12. The third-order valence-corrected chi connectivity index (χ3v) is 2.38. The van der Waals surface area contributed by atoms with Gasteiger partial charge < -0.3 is 14.5 Å². The zero-order valence-electron chi connectivity index (χ0n) is 9.40. The first-order chi connectivity index (χ1) is 8.28. The van der Waals surface area contributed by atoms with Gasteiger partial charge in [0.1, 0.15) is 6.35 Å². The summed E-state index contributed by atoms with van der Waals surface area (Å²) in [6.07, 6.45) is 0.599. The van der Waals surface area contributed by atoms with E-state index < -0.39 is 25.2 Å². The predicted octanol–water partition coefficient (Wildman–Crippen LogP) is -0.755. The topological polar surface area (TPSA) is 122 Å². The van der Waals surface area contributed by atoms with Gasteiger partial charge in [-0.2, -0.15) is 0 Å². The van der Waals surface area contributed by atoms with Crippen LogP contribution < -0.4 is 11.2 Å². The van der Waals surface area contributed by atoms with Gasteiger partial charge in [0, 0.05) is 18.8 Å². The number of nitrogens with zero attached hydrogens (tertiary/aromatic N) is 1.